The largest absolute Gasteiger partial charge is 0.394 e. The Labute approximate surface area is 284 Å². The van der Waals surface area contributed by atoms with Crippen molar-refractivity contribution in [3.63, 3.8) is 0 Å². The van der Waals surface area contributed by atoms with E-state index in [2.05, 4.69) is 29.1 Å². The number of hydrogen-bond donors (Lipinski definition) is 1. The van der Waals surface area contributed by atoms with E-state index < -0.39 is 35.6 Å². The van der Waals surface area contributed by atoms with E-state index in [4.69, 9.17) is 4.74 Å². The Bertz CT molecular complexity index is 1680. The first-order valence-electron chi connectivity index (χ1n) is 16.4. The summed E-state index contributed by atoms with van der Waals surface area (Å²) in [6, 6.07) is 21.4. The molecule has 3 unspecified atom stereocenters. The number of para-hydroxylation sites is 1. The molecule has 3 saturated heterocycles. The van der Waals surface area contributed by atoms with Gasteiger partial charge in [0.05, 0.1) is 30.6 Å². The number of amides is 3. The number of carbonyl (C=O) groups excluding carboxylic acids is 3. The highest BCUT2D eigenvalue weighted by Crippen LogP contribution is 2.61. The van der Waals surface area contributed by atoms with Crippen molar-refractivity contribution in [1.29, 1.82) is 0 Å². The second kappa shape index (κ2) is 13.4. The lowest BCUT2D eigenvalue weighted by Gasteiger charge is -2.41. The molecule has 8 nitrogen and oxygen atoms in total. The normalized spacial score (nSPS) is 27.4. The van der Waals surface area contributed by atoms with Gasteiger partial charge < -0.3 is 24.5 Å². The lowest BCUT2D eigenvalue weighted by Crippen LogP contribution is -2.60. The Balaban J connectivity index is 1.48. The Hall–Kier alpha value is -3.79. The molecule has 1 N–H and O–H groups in total. The van der Waals surface area contributed by atoms with Crippen molar-refractivity contribution in [3.05, 3.63) is 98.1 Å². The maximum Gasteiger partial charge on any atom is 0.253 e. The predicted octanol–water partition coefficient (Wildman–Crippen LogP) is 5.73. The van der Waals surface area contributed by atoms with Crippen LogP contribution in [0.2, 0.25) is 0 Å². The molecule has 8 atom stereocenters. The van der Waals surface area contributed by atoms with Crippen LogP contribution in [-0.4, -0.2) is 76.0 Å². The van der Waals surface area contributed by atoms with E-state index in [1.807, 2.05) is 86.6 Å². The van der Waals surface area contributed by atoms with Crippen molar-refractivity contribution in [2.75, 3.05) is 29.5 Å². The number of alkyl halides is 1. The molecule has 0 radical (unpaired) electrons. The molecule has 6 rings (SSSR count). The second-order valence-electron chi connectivity index (χ2n) is 12.9. The van der Waals surface area contributed by atoms with Gasteiger partial charge in [-0.1, -0.05) is 96.9 Å². The van der Waals surface area contributed by atoms with Gasteiger partial charge in [0, 0.05) is 29.3 Å². The highest BCUT2D eigenvalue weighted by atomic mass is 79.9. The average Bonchev–Trinajstić information content (AvgIpc) is 3.69. The summed E-state index contributed by atoms with van der Waals surface area (Å²) in [5.74, 6) is -2.76. The van der Waals surface area contributed by atoms with Crippen LogP contribution in [-0.2, 0) is 19.1 Å². The molecule has 1 spiro atoms. The Morgan fingerprint density at radius 3 is 2.28 bits per heavy atom. The minimum absolute atomic E-state index is 0.115. The minimum atomic E-state index is -1.28. The summed E-state index contributed by atoms with van der Waals surface area (Å²) in [5.41, 5.74) is 0.0828. The molecule has 3 amide bonds. The molecule has 3 aliphatic heterocycles. The van der Waals surface area contributed by atoms with E-state index in [0.717, 1.165) is 10.8 Å². The van der Waals surface area contributed by atoms with Crippen LogP contribution >= 0.6 is 15.9 Å². The Morgan fingerprint density at radius 1 is 1.00 bits per heavy atom. The molecule has 3 aromatic rings. The lowest BCUT2D eigenvalue weighted by molar-refractivity contribution is -0.145. The average molecular weight is 701 g/mol. The number of anilines is 2. The molecule has 0 aliphatic carbocycles. The standard InChI is InChI=1S/C38H42BrN3O5/c1-5-19-40(27-15-9-8-10-16-27)35(44)31-32-36(45)42(30(23-43)24(4)7-3)34(38(32)22-29(39)33(31)47-38)37(46)41(20-6-2)28-18-17-25-13-11-12-14-26(25)21-28/h5-6,8-18,21,24,29-34,43H,1-2,7,19-20,22-23H2,3-4H3/t24-,29?,30-,31-,32-,33-,34?,38?/m0/s1. The van der Waals surface area contributed by atoms with Gasteiger partial charge in [0.15, 0.2) is 0 Å². The molecular weight excluding hydrogens is 658 g/mol. The number of benzene rings is 3. The summed E-state index contributed by atoms with van der Waals surface area (Å²) >= 11 is 3.80. The van der Waals surface area contributed by atoms with E-state index >= 15 is 4.79 Å². The molecule has 3 aromatic carbocycles. The topological polar surface area (TPSA) is 90.4 Å². The van der Waals surface area contributed by atoms with E-state index in [1.165, 1.54) is 0 Å². The van der Waals surface area contributed by atoms with Crippen LogP contribution in [0.4, 0.5) is 11.4 Å². The second-order valence-corrected chi connectivity index (χ2v) is 14.1. The van der Waals surface area contributed by atoms with E-state index in [-0.39, 0.29) is 48.2 Å². The van der Waals surface area contributed by atoms with Gasteiger partial charge in [0.1, 0.15) is 11.6 Å². The van der Waals surface area contributed by atoms with Gasteiger partial charge in [-0.3, -0.25) is 14.4 Å². The SMILES string of the molecule is C=CCN(C(=O)C1N([C@@H](CO)[C@@H](C)CC)C(=O)[C@@H]2[C@H](C(=O)N(CC=C)c3ccccc3)[C@H]3OC12CC3Br)c1ccc2ccccc2c1. The fourth-order valence-corrected chi connectivity index (χ4v) is 8.93. The third-order valence-corrected chi connectivity index (χ3v) is 11.2. The molecule has 9 heteroatoms. The zero-order valence-electron chi connectivity index (χ0n) is 26.9. The van der Waals surface area contributed by atoms with Crippen molar-refractivity contribution >= 4 is 55.8 Å². The summed E-state index contributed by atoms with van der Waals surface area (Å²) in [5, 5.41) is 12.8. The number of aliphatic hydroxyl groups is 1. The third-order valence-electron chi connectivity index (χ3n) is 10.4. The van der Waals surface area contributed by atoms with Crippen LogP contribution < -0.4 is 9.80 Å². The van der Waals surface area contributed by atoms with Gasteiger partial charge in [-0.15, -0.1) is 13.2 Å². The molecule has 3 heterocycles. The summed E-state index contributed by atoms with van der Waals surface area (Å²) in [6.07, 6.45) is 3.77. The van der Waals surface area contributed by atoms with E-state index in [1.54, 1.807) is 26.9 Å². The van der Waals surface area contributed by atoms with Crippen molar-refractivity contribution in [1.82, 2.24) is 4.90 Å². The number of carbonyl (C=O) groups is 3. The number of likely N-dealkylation sites (tertiary alicyclic amines) is 1. The molecule has 47 heavy (non-hydrogen) atoms. The molecule has 0 saturated carbocycles. The van der Waals surface area contributed by atoms with Gasteiger partial charge in [0.25, 0.3) is 5.91 Å². The summed E-state index contributed by atoms with van der Waals surface area (Å²) in [4.78, 5) is 49.2. The summed E-state index contributed by atoms with van der Waals surface area (Å²) < 4.78 is 6.83. The number of nitrogens with zero attached hydrogens (tertiary/aromatic N) is 3. The van der Waals surface area contributed by atoms with Crippen molar-refractivity contribution in [3.8, 4) is 0 Å². The molecule has 2 bridgehead atoms. The zero-order chi connectivity index (χ0) is 33.5. The highest BCUT2D eigenvalue weighted by Gasteiger charge is 2.77. The fourth-order valence-electron chi connectivity index (χ4n) is 7.98. The maximum atomic E-state index is 15.1. The molecule has 0 aromatic heterocycles. The predicted molar refractivity (Wildman–Crippen MR) is 188 cm³/mol. The number of fused-ring (bicyclic) bond motifs is 2. The molecule has 3 aliphatic rings. The monoisotopic (exact) mass is 699 g/mol. The van der Waals surface area contributed by atoms with E-state index in [0.29, 0.717) is 24.2 Å². The molecule has 246 valence electrons. The van der Waals surface area contributed by atoms with Crippen LogP contribution in [0.3, 0.4) is 0 Å². The number of ether oxygens (including phenoxy) is 1. The Morgan fingerprint density at radius 2 is 1.64 bits per heavy atom. The zero-order valence-corrected chi connectivity index (χ0v) is 28.5. The quantitative estimate of drug-likeness (QED) is 0.193. The van der Waals surface area contributed by atoms with Gasteiger partial charge in [-0.2, -0.15) is 0 Å². The van der Waals surface area contributed by atoms with Crippen LogP contribution in [0, 0.1) is 17.8 Å². The molecular formula is C38H42BrN3O5. The Kier molecular flexibility index (Phi) is 9.43. The van der Waals surface area contributed by atoms with Gasteiger partial charge in [-0.25, -0.2) is 0 Å². The van der Waals surface area contributed by atoms with Crippen molar-refractivity contribution < 1.29 is 24.2 Å². The smallest absolute Gasteiger partial charge is 0.253 e. The highest BCUT2D eigenvalue weighted by molar-refractivity contribution is 9.09. The van der Waals surface area contributed by atoms with Crippen molar-refractivity contribution in [2.24, 2.45) is 17.8 Å². The summed E-state index contributed by atoms with van der Waals surface area (Å²) in [6.45, 7) is 11.9. The minimum Gasteiger partial charge on any atom is -0.394 e. The first kappa shape index (κ1) is 33.1. The lowest BCUT2D eigenvalue weighted by atomic mass is 9.70. The van der Waals surface area contributed by atoms with E-state index in [9.17, 15) is 14.7 Å². The first-order valence-corrected chi connectivity index (χ1v) is 17.3. The third kappa shape index (κ3) is 5.42. The van der Waals surface area contributed by atoms with Crippen LogP contribution in [0.1, 0.15) is 26.7 Å². The number of halogens is 1. The van der Waals surface area contributed by atoms with Gasteiger partial charge in [-0.05, 0) is 47.4 Å². The van der Waals surface area contributed by atoms with Gasteiger partial charge in [0.2, 0.25) is 11.8 Å². The van der Waals surface area contributed by atoms with Crippen LogP contribution in [0.25, 0.3) is 10.8 Å². The number of aliphatic hydroxyl groups excluding tert-OH is 1. The first-order chi connectivity index (χ1) is 22.7. The number of rotatable bonds is 12. The fraction of sp³-hybridized carbons (Fsp3) is 0.395. The molecule has 3 fully saturated rings. The van der Waals surface area contributed by atoms with Crippen LogP contribution in [0.5, 0.6) is 0 Å². The maximum absolute atomic E-state index is 15.1. The summed E-state index contributed by atoms with van der Waals surface area (Å²) in [7, 11) is 0. The van der Waals surface area contributed by atoms with Crippen LogP contribution in [0.15, 0.2) is 98.1 Å². The number of hydrogen-bond acceptors (Lipinski definition) is 5. The van der Waals surface area contributed by atoms with Gasteiger partial charge >= 0.3 is 0 Å². The van der Waals surface area contributed by atoms with Crippen molar-refractivity contribution in [2.45, 2.75) is 55.3 Å².